The number of fused-ring (bicyclic) bond motifs is 1. The standard InChI is InChI=1S/C16H14N2O6S/c1-17-14(15(19)10-6-8-11(9-7-10)18(21)22)16(20)12-4-2-3-5-13(12)25(17,23)24/h2-9,14-15,19H,1H3. The number of nitro benzene ring substituents is 1. The molecule has 2 aromatic carbocycles. The van der Waals surface area contributed by atoms with Crippen molar-refractivity contribution in [3.8, 4) is 0 Å². The van der Waals surface area contributed by atoms with Gasteiger partial charge in [-0.1, -0.05) is 12.1 Å². The number of ketones is 1. The van der Waals surface area contributed by atoms with E-state index in [1.807, 2.05) is 0 Å². The third-order valence-electron chi connectivity index (χ3n) is 4.21. The first-order chi connectivity index (χ1) is 11.7. The van der Waals surface area contributed by atoms with Crippen molar-refractivity contribution in [1.29, 1.82) is 0 Å². The Bertz CT molecular complexity index is 955. The molecule has 0 radical (unpaired) electrons. The van der Waals surface area contributed by atoms with Crippen molar-refractivity contribution in [3.63, 3.8) is 0 Å². The lowest BCUT2D eigenvalue weighted by Gasteiger charge is -2.34. The molecule has 130 valence electrons. The van der Waals surface area contributed by atoms with Gasteiger partial charge in [0.15, 0.2) is 5.78 Å². The first kappa shape index (κ1) is 17.2. The normalized spacial score (nSPS) is 20.7. The van der Waals surface area contributed by atoms with Crippen LogP contribution in [0.5, 0.6) is 0 Å². The van der Waals surface area contributed by atoms with Crippen molar-refractivity contribution >= 4 is 21.5 Å². The quantitative estimate of drug-likeness (QED) is 0.653. The van der Waals surface area contributed by atoms with E-state index in [2.05, 4.69) is 0 Å². The summed E-state index contributed by atoms with van der Waals surface area (Å²) in [6, 6.07) is 9.45. The monoisotopic (exact) mass is 362 g/mol. The summed E-state index contributed by atoms with van der Waals surface area (Å²) < 4.78 is 26.1. The van der Waals surface area contributed by atoms with Gasteiger partial charge in [0.1, 0.15) is 12.1 Å². The molecule has 1 aliphatic heterocycles. The predicted octanol–water partition coefficient (Wildman–Crippen LogP) is 1.51. The molecule has 2 aromatic rings. The Morgan fingerprint density at radius 1 is 1.16 bits per heavy atom. The Morgan fingerprint density at radius 3 is 2.36 bits per heavy atom. The predicted molar refractivity (Wildman–Crippen MR) is 87.6 cm³/mol. The Hall–Kier alpha value is -2.62. The second kappa shape index (κ2) is 6.03. The Kier molecular flexibility index (Phi) is 4.15. The smallest absolute Gasteiger partial charge is 0.269 e. The number of hydrogen-bond acceptors (Lipinski definition) is 6. The van der Waals surface area contributed by atoms with Crippen LogP contribution in [0.25, 0.3) is 0 Å². The molecule has 0 amide bonds. The highest BCUT2D eigenvalue weighted by molar-refractivity contribution is 7.89. The molecule has 0 spiro atoms. The van der Waals surface area contributed by atoms with Gasteiger partial charge in [0.2, 0.25) is 10.0 Å². The van der Waals surface area contributed by atoms with Crippen LogP contribution in [0.3, 0.4) is 0 Å². The van der Waals surface area contributed by atoms with Gasteiger partial charge in [-0.05, 0) is 29.8 Å². The number of rotatable bonds is 3. The highest BCUT2D eigenvalue weighted by Crippen LogP contribution is 2.34. The van der Waals surface area contributed by atoms with E-state index in [0.29, 0.717) is 0 Å². The van der Waals surface area contributed by atoms with E-state index in [1.165, 1.54) is 49.5 Å². The molecule has 0 aliphatic carbocycles. The number of hydrogen-bond donors (Lipinski definition) is 1. The Morgan fingerprint density at radius 2 is 1.76 bits per heavy atom. The largest absolute Gasteiger partial charge is 0.386 e. The molecule has 0 bridgehead atoms. The topological polar surface area (TPSA) is 118 Å². The van der Waals surface area contributed by atoms with Gasteiger partial charge in [-0.3, -0.25) is 14.9 Å². The van der Waals surface area contributed by atoms with Crippen LogP contribution in [0.15, 0.2) is 53.4 Å². The number of likely N-dealkylation sites (N-methyl/N-ethyl adjacent to an activating group) is 1. The molecule has 9 heteroatoms. The van der Waals surface area contributed by atoms with Crippen LogP contribution in [0.1, 0.15) is 22.0 Å². The molecule has 2 unspecified atom stereocenters. The third kappa shape index (κ3) is 2.72. The van der Waals surface area contributed by atoms with Crippen LogP contribution in [-0.2, 0) is 10.0 Å². The maximum Gasteiger partial charge on any atom is 0.269 e. The minimum absolute atomic E-state index is 0.0200. The van der Waals surface area contributed by atoms with Crippen molar-refractivity contribution in [3.05, 3.63) is 69.8 Å². The first-order valence-corrected chi connectivity index (χ1v) is 8.73. The number of carbonyl (C=O) groups excluding carboxylic acids is 1. The number of non-ortho nitro benzene ring substituents is 1. The number of aliphatic hydroxyl groups excluding tert-OH is 1. The maximum absolute atomic E-state index is 12.7. The minimum atomic E-state index is -3.93. The Labute approximate surface area is 143 Å². The van der Waals surface area contributed by atoms with Crippen molar-refractivity contribution in [2.45, 2.75) is 17.0 Å². The SMILES string of the molecule is CN1C(C(O)c2ccc([N+](=O)[O-])cc2)C(=O)c2ccccc2S1(=O)=O. The zero-order valence-corrected chi connectivity index (χ0v) is 13.9. The summed E-state index contributed by atoms with van der Waals surface area (Å²) in [5.74, 6) is -0.529. The lowest BCUT2D eigenvalue weighted by Crippen LogP contribution is -2.50. The zero-order valence-electron chi connectivity index (χ0n) is 13.1. The molecule has 1 heterocycles. The van der Waals surface area contributed by atoms with Crippen LogP contribution < -0.4 is 0 Å². The molecule has 25 heavy (non-hydrogen) atoms. The lowest BCUT2D eigenvalue weighted by molar-refractivity contribution is -0.384. The second-order valence-electron chi connectivity index (χ2n) is 5.62. The van der Waals surface area contributed by atoms with E-state index < -0.39 is 32.9 Å². The van der Waals surface area contributed by atoms with Gasteiger partial charge in [-0.15, -0.1) is 0 Å². The van der Waals surface area contributed by atoms with E-state index in [1.54, 1.807) is 6.07 Å². The number of benzene rings is 2. The van der Waals surface area contributed by atoms with Crippen molar-refractivity contribution in [1.82, 2.24) is 4.31 Å². The lowest BCUT2D eigenvalue weighted by atomic mass is 9.94. The van der Waals surface area contributed by atoms with E-state index in [9.17, 15) is 28.4 Å². The van der Waals surface area contributed by atoms with Gasteiger partial charge >= 0.3 is 0 Å². The van der Waals surface area contributed by atoms with Gasteiger partial charge in [0.05, 0.1) is 9.82 Å². The molecular weight excluding hydrogens is 348 g/mol. The molecule has 2 atom stereocenters. The number of sulfonamides is 1. The zero-order chi connectivity index (χ0) is 18.4. The summed E-state index contributed by atoms with van der Waals surface area (Å²) in [5.41, 5.74) is 0.0641. The molecule has 0 saturated carbocycles. The third-order valence-corrected chi connectivity index (χ3v) is 6.11. The summed E-state index contributed by atoms with van der Waals surface area (Å²) >= 11 is 0. The fourth-order valence-corrected chi connectivity index (χ4v) is 4.36. The number of Topliss-reactive ketones (excluding diaryl/α,β-unsaturated/α-hetero) is 1. The number of aliphatic hydroxyl groups is 1. The van der Waals surface area contributed by atoms with Gasteiger partial charge < -0.3 is 5.11 Å². The van der Waals surface area contributed by atoms with E-state index in [0.717, 1.165) is 4.31 Å². The highest BCUT2D eigenvalue weighted by Gasteiger charge is 2.45. The average Bonchev–Trinajstić information content (AvgIpc) is 2.60. The maximum atomic E-state index is 12.7. The number of nitrogens with zero attached hydrogens (tertiary/aromatic N) is 2. The summed E-state index contributed by atoms with van der Waals surface area (Å²) in [4.78, 5) is 22.8. The highest BCUT2D eigenvalue weighted by atomic mass is 32.2. The summed E-state index contributed by atoms with van der Waals surface area (Å²) in [7, 11) is -2.71. The van der Waals surface area contributed by atoms with Crippen molar-refractivity contribution < 1.29 is 23.2 Å². The molecule has 0 saturated heterocycles. The minimum Gasteiger partial charge on any atom is -0.386 e. The molecule has 0 fully saturated rings. The first-order valence-electron chi connectivity index (χ1n) is 7.29. The summed E-state index contributed by atoms with van der Waals surface area (Å²) in [5, 5.41) is 21.3. The number of carbonyl (C=O) groups is 1. The second-order valence-corrected chi connectivity index (χ2v) is 7.59. The van der Waals surface area contributed by atoms with E-state index >= 15 is 0 Å². The average molecular weight is 362 g/mol. The Balaban J connectivity index is 2.05. The molecule has 0 aromatic heterocycles. The van der Waals surface area contributed by atoms with E-state index in [4.69, 9.17) is 0 Å². The summed E-state index contributed by atoms with van der Waals surface area (Å²) in [6.07, 6.45) is -1.46. The molecule has 3 rings (SSSR count). The molecular formula is C16H14N2O6S. The molecule has 1 aliphatic rings. The van der Waals surface area contributed by atoms with Gasteiger partial charge in [0.25, 0.3) is 5.69 Å². The van der Waals surface area contributed by atoms with Crippen molar-refractivity contribution in [2.24, 2.45) is 0 Å². The molecule has 1 N–H and O–H groups in total. The fourth-order valence-electron chi connectivity index (χ4n) is 2.84. The van der Waals surface area contributed by atoms with Crippen molar-refractivity contribution in [2.75, 3.05) is 7.05 Å². The van der Waals surface area contributed by atoms with E-state index in [-0.39, 0.29) is 21.7 Å². The van der Waals surface area contributed by atoms with Crippen LogP contribution in [0.2, 0.25) is 0 Å². The molecule has 8 nitrogen and oxygen atoms in total. The van der Waals surface area contributed by atoms with Crippen LogP contribution in [0.4, 0.5) is 5.69 Å². The van der Waals surface area contributed by atoms with Crippen LogP contribution in [0, 0.1) is 10.1 Å². The van der Waals surface area contributed by atoms with Gasteiger partial charge in [-0.25, -0.2) is 8.42 Å². The van der Waals surface area contributed by atoms with Gasteiger partial charge in [-0.2, -0.15) is 4.31 Å². The van der Waals surface area contributed by atoms with Crippen LogP contribution in [-0.4, -0.2) is 41.6 Å². The van der Waals surface area contributed by atoms with Crippen LogP contribution >= 0.6 is 0 Å². The fraction of sp³-hybridized carbons (Fsp3) is 0.188. The number of nitro groups is 1. The van der Waals surface area contributed by atoms with Gasteiger partial charge in [0, 0.05) is 24.7 Å². The summed E-state index contributed by atoms with van der Waals surface area (Å²) in [6.45, 7) is 0.